The predicted octanol–water partition coefficient (Wildman–Crippen LogP) is 3.64. The van der Waals surface area contributed by atoms with Crippen molar-refractivity contribution in [1.82, 2.24) is 45.6 Å². The molecule has 258 valence electrons. The molecule has 0 unspecified atom stereocenters. The van der Waals surface area contributed by atoms with Crippen LogP contribution in [0.15, 0.2) is 36.7 Å². The number of aryl methyl sites for hydroxylation is 1. The van der Waals surface area contributed by atoms with E-state index in [-0.39, 0.29) is 57.8 Å². The Labute approximate surface area is 283 Å². The van der Waals surface area contributed by atoms with E-state index in [1.165, 1.54) is 12.3 Å². The largest absolute Gasteiger partial charge is 0.435 e. The van der Waals surface area contributed by atoms with Gasteiger partial charge >= 0.3 is 6.18 Å². The number of anilines is 1. The molecule has 0 atom stereocenters. The first-order chi connectivity index (χ1) is 23.4. The number of amides is 3. The molecule has 3 aromatic heterocycles. The summed E-state index contributed by atoms with van der Waals surface area (Å²) in [5, 5.41) is 12.0. The number of piperidine rings is 1. The number of H-pyrrole nitrogens is 2. The number of benzene rings is 1. The van der Waals surface area contributed by atoms with Crippen LogP contribution in [0.25, 0.3) is 22.6 Å². The summed E-state index contributed by atoms with van der Waals surface area (Å²) in [7, 11) is 0. The molecule has 2 fully saturated rings. The van der Waals surface area contributed by atoms with Crippen molar-refractivity contribution in [2.45, 2.75) is 32.5 Å². The van der Waals surface area contributed by atoms with Gasteiger partial charge in [0.25, 0.3) is 11.8 Å². The molecule has 6 rings (SSSR count). The van der Waals surface area contributed by atoms with Crippen molar-refractivity contribution in [2.75, 3.05) is 45.0 Å². The van der Waals surface area contributed by atoms with Gasteiger partial charge < -0.3 is 31.2 Å². The number of halogens is 4. The summed E-state index contributed by atoms with van der Waals surface area (Å²) in [4.78, 5) is 53.4. The van der Waals surface area contributed by atoms with Gasteiger partial charge in [0.15, 0.2) is 11.5 Å². The predicted molar refractivity (Wildman–Crippen MR) is 174 cm³/mol. The van der Waals surface area contributed by atoms with E-state index in [2.05, 4.69) is 35.8 Å². The summed E-state index contributed by atoms with van der Waals surface area (Å²) in [5.41, 5.74) is 6.19. The molecule has 0 saturated carbocycles. The minimum absolute atomic E-state index is 0.0000740. The fourth-order valence-electron chi connectivity index (χ4n) is 6.00. The summed E-state index contributed by atoms with van der Waals surface area (Å²) in [6.45, 7) is 5.08. The monoisotopic (exact) mass is 698 g/mol. The molecule has 2 aliphatic rings. The summed E-state index contributed by atoms with van der Waals surface area (Å²) in [6, 6.07) is 6.32. The number of rotatable bonds is 7. The van der Waals surface area contributed by atoms with Gasteiger partial charge in [-0.2, -0.15) is 18.3 Å². The zero-order chi connectivity index (χ0) is 34.9. The minimum Gasteiger partial charge on any atom is -0.397 e. The third-order valence-electron chi connectivity index (χ3n) is 8.79. The van der Waals surface area contributed by atoms with E-state index in [1.807, 2.05) is 4.90 Å². The lowest BCUT2D eigenvalue weighted by atomic mass is 9.96. The molecule has 0 aliphatic carbocycles. The highest BCUT2D eigenvalue weighted by Crippen LogP contribution is 2.40. The maximum atomic E-state index is 13.9. The third-order valence-corrected chi connectivity index (χ3v) is 9.10. The van der Waals surface area contributed by atoms with Crippen LogP contribution < -0.4 is 16.4 Å². The number of pyridine rings is 1. The molecule has 2 aliphatic heterocycles. The van der Waals surface area contributed by atoms with Crippen LogP contribution in [0.1, 0.15) is 50.6 Å². The van der Waals surface area contributed by atoms with E-state index < -0.39 is 17.8 Å². The molecule has 17 heteroatoms. The second-order valence-electron chi connectivity index (χ2n) is 12.0. The second kappa shape index (κ2) is 13.9. The van der Waals surface area contributed by atoms with Crippen molar-refractivity contribution in [3.63, 3.8) is 0 Å². The van der Waals surface area contributed by atoms with Crippen molar-refractivity contribution >= 4 is 35.0 Å². The standard InChI is InChI=1S/C32H34ClF3N10O3/c1-17-12-23(39-15-22(17)37)26-25(27(44-43-26)32(34,35)36)24-16-40-28(42-24)29(47)41-14-18-2-3-20(21(33)13-18)31(49)46-10-8-45(9-11-46)30(48)19-4-6-38-7-5-19/h2-3,12-13,15-16,19,38H,4-11,14,37H2,1H3,(H,40,42)(H,41,47)(H,43,44). The smallest absolute Gasteiger partial charge is 0.397 e. The Kier molecular flexibility index (Phi) is 9.61. The number of alkyl halides is 3. The molecule has 4 aromatic rings. The van der Waals surface area contributed by atoms with E-state index in [4.69, 9.17) is 17.3 Å². The van der Waals surface area contributed by atoms with Gasteiger partial charge in [0, 0.05) is 38.6 Å². The number of carbonyl (C=O) groups excluding carboxylic acids is 3. The summed E-state index contributed by atoms with van der Waals surface area (Å²) < 4.78 is 41.8. The lowest BCUT2D eigenvalue weighted by Gasteiger charge is -2.37. The number of nitrogen functional groups attached to an aromatic ring is 1. The Hall–Kier alpha value is -4.96. The van der Waals surface area contributed by atoms with E-state index in [9.17, 15) is 27.6 Å². The summed E-state index contributed by atoms with van der Waals surface area (Å²) >= 11 is 6.49. The van der Waals surface area contributed by atoms with Gasteiger partial charge in [-0.15, -0.1) is 0 Å². The first-order valence-corrected chi connectivity index (χ1v) is 16.1. The van der Waals surface area contributed by atoms with Crippen molar-refractivity contribution in [3.05, 3.63) is 69.9 Å². The Balaban J connectivity index is 1.09. The third kappa shape index (κ3) is 7.24. The normalized spacial score (nSPS) is 15.8. The fraction of sp³-hybridized carbons (Fsp3) is 0.375. The molecule has 5 heterocycles. The average molecular weight is 699 g/mol. The quantitative estimate of drug-likeness (QED) is 0.194. The van der Waals surface area contributed by atoms with Crippen LogP contribution in [0, 0.1) is 12.8 Å². The maximum absolute atomic E-state index is 13.9. The molecule has 1 aromatic carbocycles. The van der Waals surface area contributed by atoms with Gasteiger partial charge in [-0.05, 0) is 62.2 Å². The first kappa shape index (κ1) is 33.9. The molecule has 3 amide bonds. The number of hydrogen-bond acceptors (Lipinski definition) is 8. The highest BCUT2D eigenvalue weighted by Gasteiger charge is 2.39. The lowest BCUT2D eigenvalue weighted by molar-refractivity contribution is -0.140. The van der Waals surface area contributed by atoms with Crippen LogP contribution in [0.2, 0.25) is 5.02 Å². The van der Waals surface area contributed by atoms with Gasteiger partial charge in [-0.25, -0.2) is 4.98 Å². The summed E-state index contributed by atoms with van der Waals surface area (Å²) in [5.74, 6) is -0.994. The van der Waals surface area contributed by atoms with Crippen molar-refractivity contribution in [2.24, 2.45) is 5.92 Å². The number of imidazole rings is 1. The number of nitrogens with two attached hydrogens (primary N) is 1. The van der Waals surface area contributed by atoms with E-state index >= 15 is 0 Å². The lowest BCUT2D eigenvalue weighted by Crippen LogP contribution is -2.52. The van der Waals surface area contributed by atoms with Gasteiger partial charge in [0.2, 0.25) is 5.91 Å². The Morgan fingerprint density at radius 3 is 2.43 bits per heavy atom. The highest BCUT2D eigenvalue weighted by atomic mass is 35.5. The second-order valence-corrected chi connectivity index (χ2v) is 12.4. The van der Waals surface area contributed by atoms with E-state index in [0.29, 0.717) is 48.6 Å². The number of aromatic amines is 2. The molecule has 49 heavy (non-hydrogen) atoms. The Morgan fingerprint density at radius 1 is 1.04 bits per heavy atom. The first-order valence-electron chi connectivity index (χ1n) is 15.7. The van der Waals surface area contributed by atoms with Crippen molar-refractivity contribution in [3.8, 4) is 22.6 Å². The van der Waals surface area contributed by atoms with Crippen LogP contribution in [-0.4, -0.2) is 91.9 Å². The molecular formula is C32H34ClF3N10O3. The average Bonchev–Trinajstić information content (AvgIpc) is 3.77. The van der Waals surface area contributed by atoms with Crippen LogP contribution in [0.3, 0.4) is 0 Å². The molecule has 6 N–H and O–H groups in total. The topological polar surface area (TPSA) is 178 Å². The van der Waals surface area contributed by atoms with E-state index in [1.54, 1.807) is 30.0 Å². The zero-order valence-electron chi connectivity index (χ0n) is 26.5. The summed E-state index contributed by atoms with van der Waals surface area (Å²) in [6.07, 6.45) is -0.720. The van der Waals surface area contributed by atoms with Gasteiger partial charge in [-0.1, -0.05) is 17.7 Å². The number of nitrogens with one attached hydrogen (secondary N) is 4. The maximum Gasteiger partial charge on any atom is 0.435 e. The zero-order valence-corrected chi connectivity index (χ0v) is 27.2. The minimum atomic E-state index is -4.81. The molecular weight excluding hydrogens is 665 g/mol. The number of aromatic nitrogens is 5. The van der Waals surface area contributed by atoms with Crippen molar-refractivity contribution < 1.29 is 27.6 Å². The van der Waals surface area contributed by atoms with Gasteiger partial charge in [0.05, 0.1) is 51.3 Å². The molecule has 0 radical (unpaired) electrons. The SMILES string of the molecule is Cc1cc(-c2[nH]nc(C(F)(F)F)c2-c2cnc(C(=O)NCc3ccc(C(=O)N4CCN(C(=O)C5CCNCC5)CC4)c(Cl)c3)[nH]2)ncc1N. The van der Waals surface area contributed by atoms with Gasteiger partial charge in [-0.3, -0.25) is 24.5 Å². The van der Waals surface area contributed by atoms with Crippen LogP contribution in [0.5, 0.6) is 0 Å². The fourth-order valence-corrected chi connectivity index (χ4v) is 6.28. The van der Waals surface area contributed by atoms with Crippen LogP contribution in [0.4, 0.5) is 18.9 Å². The molecule has 13 nitrogen and oxygen atoms in total. The number of piperazine rings is 1. The molecule has 2 saturated heterocycles. The van der Waals surface area contributed by atoms with Crippen LogP contribution in [-0.2, 0) is 17.5 Å². The number of nitrogens with zero attached hydrogens (tertiary/aromatic N) is 5. The van der Waals surface area contributed by atoms with Crippen molar-refractivity contribution in [1.29, 1.82) is 0 Å². The Morgan fingerprint density at radius 2 is 1.76 bits per heavy atom. The van der Waals surface area contributed by atoms with E-state index in [0.717, 1.165) is 32.1 Å². The number of hydrogen-bond donors (Lipinski definition) is 5. The highest BCUT2D eigenvalue weighted by molar-refractivity contribution is 6.33. The molecule has 0 bridgehead atoms. The Bertz CT molecular complexity index is 1880. The number of carbonyl (C=O) groups is 3. The van der Waals surface area contributed by atoms with Gasteiger partial charge in [0.1, 0.15) is 0 Å². The molecule has 0 spiro atoms. The van der Waals surface area contributed by atoms with Crippen LogP contribution >= 0.6 is 11.6 Å².